The molecule has 0 saturated carbocycles. The van der Waals surface area contributed by atoms with E-state index in [0.29, 0.717) is 6.61 Å². The Labute approximate surface area is 122 Å². The van der Waals surface area contributed by atoms with Gasteiger partial charge in [-0.1, -0.05) is 67.6 Å². The van der Waals surface area contributed by atoms with Crippen LogP contribution in [0.25, 0.3) is 0 Å². The Balaban J connectivity index is 2.22. The van der Waals surface area contributed by atoms with Crippen LogP contribution in [0, 0.1) is 0 Å². The van der Waals surface area contributed by atoms with Gasteiger partial charge in [-0.3, -0.25) is 0 Å². The van der Waals surface area contributed by atoms with Crippen LogP contribution in [0.4, 0.5) is 0 Å². The highest BCUT2D eigenvalue weighted by atomic mass is 28.4. The molecule has 0 aliphatic heterocycles. The third-order valence-electron chi connectivity index (χ3n) is 3.69. The van der Waals surface area contributed by atoms with Gasteiger partial charge in [0, 0.05) is 12.5 Å². The molecule has 106 valence electrons. The molecule has 3 heteroatoms. The van der Waals surface area contributed by atoms with Crippen molar-refractivity contribution < 1.29 is 4.43 Å². The van der Waals surface area contributed by atoms with Gasteiger partial charge in [-0.15, -0.1) is 0 Å². The quantitative estimate of drug-likeness (QED) is 0.817. The lowest BCUT2D eigenvalue weighted by Crippen LogP contribution is -2.45. The fraction of sp³-hybridized carbons (Fsp3) is 0.294. The minimum Gasteiger partial charge on any atom is -0.402 e. The van der Waals surface area contributed by atoms with Crippen molar-refractivity contribution in [2.45, 2.75) is 25.4 Å². The van der Waals surface area contributed by atoms with Crippen LogP contribution in [-0.2, 0) is 4.43 Å². The lowest BCUT2D eigenvalue weighted by Gasteiger charge is -2.25. The highest BCUT2D eigenvalue weighted by Gasteiger charge is 2.24. The second kappa shape index (κ2) is 6.84. The maximum Gasteiger partial charge on any atom is 0.262 e. The predicted molar refractivity (Wildman–Crippen MR) is 87.0 cm³/mol. The Morgan fingerprint density at radius 1 is 0.950 bits per heavy atom. The molecule has 1 unspecified atom stereocenters. The minimum atomic E-state index is -2.01. The van der Waals surface area contributed by atoms with Crippen LogP contribution in [0.15, 0.2) is 60.7 Å². The molecule has 0 saturated heterocycles. The number of rotatable bonds is 6. The lowest BCUT2D eigenvalue weighted by molar-refractivity contribution is 0.290. The summed E-state index contributed by atoms with van der Waals surface area (Å²) in [6.45, 7) is 4.83. The number of hydrogen-bond donors (Lipinski definition) is 1. The fourth-order valence-electron chi connectivity index (χ4n) is 2.13. The van der Waals surface area contributed by atoms with E-state index >= 15 is 0 Å². The summed E-state index contributed by atoms with van der Waals surface area (Å²) < 4.78 is 6.07. The van der Waals surface area contributed by atoms with Crippen molar-refractivity contribution in [2.75, 3.05) is 6.61 Å². The molecule has 0 aromatic heterocycles. The van der Waals surface area contributed by atoms with Crippen molar-refractivity contribution in [3.05, 3.63) is 71.8 Å². The molecule has 0 spiro atoms. The molecule has 2 aromatic rings. The van der Waals surface area contributed by atoms with Crippen LogP contribution in [0.1, 0.15) is 24.0 Å². The Morgan fingerprint density at radius 3 is 1.80 bits per heavy atom. The second-order valence-corrected chi connectivity index (χ2v) is 8.97. The standard InChI is InChI=1S/C17H23NOSi/c1-3-20(2,18)19-14-17(15-10-6-4-7-11-15)16-12-8-5-9-13-16/h4-13,17H,3,14,18H2,1-2H3. The van der Waals surface area contributed by atoms with Gasteiger partial charge >= 0.3 is 0 Å². The maximum atomic E-state index is 6.24. The molecule has 2 N–H and O–H groups in total. The largest absolute Gasteiger partial charge is 0.402 e. The van der Waals surface area contributed by atoms with Gasteiger partial charge in [0.15, 0.2) is 0 Å². The third kappa shape index (κ3) is 4.03. The van der Waals surface area contributed by atoms with Gasteiger partial charge in [-0.05, 0) is 23.7 Å². The Hall–Kier alpha value is -1.42. The molecule has 20 heavy (non-hydrogen) atoms. The van der Waals surface area contributed by atoms with Crippen LogP contribution in [0.2, 0.25) is 12.6 Å². The van der Waals surface area contributed by atoms with Crippen LogP contribution in [0.5, 0.6) is 0 Å². The average Bonchev–Trinajstić information content (AvgIpc) is 2.49. The van der Waals surface area contributed by atoms with E-state index in [1.54, 1.807) is 0 Å². The van der Waals surface area contributed by atoms with Crippen LogP contribution in [0.3, 0.4) is 0 Å². The van der Waals surface area contributed by atoms with E-state index in [1.807, 2.05) is 12.1 Å². The molecule has 0 radical (unpaired) electrons. The highest BCUT2D eigenvalue weighted by molar-refractivity contribution is 6.69. The highest BCUT2D eigenvalue weighted by Crippen LogP contribution is 2.25. The van der Waals surface area contributed by atoms with E-state index in [1.165, 1.54) is 11.1 Å². The molecule has 2 rings (SSSR count). The van der Waals surface area contributed by atoms with Crippen molar-refractivity contribution in [3.63, 3.8) is 0 Å². The second-order valence-electron chi connectivity index (χ2n) is 5.35. The van der Waals surface area contributed by atoms with Gasteiger partial charge < -0.3 is 9.83 Å². The van der Waals surface area contributed by atoms with Gasteiger partial charge in [0.1, 0.15) is 0 Å². The monoisotopic (exact) mass is 285 g/mol. The first-order chi connectivity index (χ1) is 9.62. The zero-order valence-electron chi connectivity index (χ0n) is 12.3. The molecule has 2 nitrogen and oxygen atoms in total. The van der Waals surface area contributed by atoms with Crippen LogP contribution < -0.4 is 5.40 Å². The molecule has 1 atom stereocenters. The minimum absolute atomic E-state index is 0.249. The van der Waals surface area contributed by atoms with Crippen molar-refractivity contribution in [2.24, 2.45) is 5.40 Å². The predicted octanol–water partition coefficient (Wildman–Crippen LogP) is 3.89. The molecule has 2 aromatic carbocycles. The van der Waals surface area contributed by atoms with Crippen molar-refractivity contribution in [1.82, 2.24) is 0 Å². The van der Waals surface area contributed by atoms with E-state index in [-0.39, 0.29) is 5.92 Å². The Bertz CT molecular complexity index is 474. The molecular formula is C17H23NOSi. The smallest absolute Gasteiger partial charge is 0.262 e. The van der Waals surface area contributed by atoms with E-state index in [0.717, 1.165) is 6.04 Å². The summed E-state index contributed by atoms with van der Waals surface area (Å²) >= 11 is 0. The number of hydrogen-bond acceptors (Lipinski definition) is 2. The van der Waals surface area contributed by atoms with E-state index in [2.05, 4.69) is 62.0 Å². The average molecular weight is 285 g/mol. The summed E-state index contributed by atoms with van der Waals surface area (Å²) in [6.07, 6.45) is 0. The lowest BCUT2D eigenvalue weighted by atomic mass is 9.92. The summed E-state index contributed by atoms with van der Waals surface area (Å²) in [5.41, 5.74) is 2.55. The van der Waals surface area contributed by atoms with Crippen LogP contribution in [-0.4, -0.2) is 15.1 Å². The summed E-state index contributed by atoms with van der Waals surface area (Å²) in [4.78, 5) is 0. The van der Waals surface area contributed by atoms with Gasteiger partial charge in [0.25, 0.3) is 8.48 Å². The number of nitrogens with two attached hydrogens (primary N) is 1. The first kappa shape index (κ1) is 15.0. The van der Waals surface area contributed by atoms with Crippen molar-refractivity contribution >= 4 is 8.48 Å². The molecule has 0 heterocycles. The molecule has 0 aliphatic carbocycles. The maximum absolute atomic E-state index is 6.24. The Kier molecular flexibility index (Phi) is 5.12. The van der Waals surface area contributed by atoms with Gasteiger partial charge in [0.05, 0.1) is 0 Å². The summed E-state index contributed by atoms with van der Waals surface area (Å²) in [5.74, 6) is 0.249. The van der Waals surface area contributed by atoms with E-state index in [9.17, 15) is 0 Å². The first-order valence-electron chi connectivity index (χ1n) is 7.15. The van der Waals surface area contributed by atoms with Crippen molar-refractivity contribution in [3.8, 4) is 0 Å². The molecule has 0 bridgehead atoms. The molecule has 0 aliphatic rings. The zero-order valence-corrected chi connectivity index (χ0v) is 13.3. The van der Waals surface area contributed by atoms with Gasteiger partial charge in [-0.25, -0.2) is 0 Å². The summed E-state index contributed by atoms with van der Waals surface area (Å²) in [5, 5.41) is 6.24. The zero-order chi connectivity index (χ0) is 14.4. The fourth-order valence-corrected chi connectivity index (χ4v) is 2.88. The van der Waals surface area contributed by atoms with E-state index in [4.69, 9.17) is 9.83 Å². The topological polar surface area (TPSA) is 35.2 Å². The molecule has 0 amide bonds. The van der Waals surface area contributed by atoms with Gasteiger partial charge in [-0.2, -0.15) is 0 Å². The molecular weight excluding hydrogens is 262 g/mol. The SMILES string of the molecule is CC[Si](C)(N)OCC(c1ccccc1)c1ccccc1. The van der Waals surface area contributed by atoms with Crippen LogP contribution >= 0.6 is 0 Å². The van der Waals surface area contributed by atoms with E-state index < -0.39 is 8.48 Å². The molecule has 0 fully saturated rings. The summed E-state index contributed by atoms with van der Waals surface area (Å²) in [6, 6.07) is 21.9. The van der Waals surface area contributed by atoms with Crippen molar-refractivity contribution in [1.29, 1.82) is 0 Å². The Morgan fingerprint density at radius 2 is 1.40 bits per heavy atom. The first-order valence-corrected chi connectivity index (χ1v) is 9.84. The summed E-state index contributed by atoms with van der Waals surface area (Å²) in [7, 11) is -2.01. The van der Waals surface area contributed by atoms with Gasteiger partial charge in [0.2, 0.25) is 0 Å². The normalized spacial score (nSPS) is 14.2. The third-order valence-corrected chi connectivity index (χ3v) is 5.92. The number of benzene rings is 2.